The fourth-order valence-electron chi connectivity index (χ4n) is 1.80. The smallest absolute Gasteiger partial charge is 0.164 e. The zero-order valence-corrected chi connectivity index (χ0v) is 9.96. The van der Waals surface area contributed by atoms with Gasteiger partial charge in [0.05, 0.1) is 33.0 Å². The van der Waals surface area contributed by atoms with Gasteiger partial charge < -0.3 is 24.5 Å². The van der Waals surface area contributed by atoms with Crippen LogP contribution in [0, 0.1) is 0 Å². The number of aromatic nitrogens is 3. The van der Waals surface area contributed by atoms with E-state index in [9.17, 15) is 0 Å². The van der Waals surface area contributed by atoms with Crippen molar-refractivity contribution in [2.75, 3.05) is 33.5 Å². The van der Waals surface area contributed by atoms with Crippen LogP contribution < -0.4 is 5.73 Å². The summed E-state index contributed by atoms with van der Waals surface area (Å²) in [4.78, 5) is 0. The highest BCUT2D eigenvalue weighted by atomic mass is 16.6. The molecule has 7 heteroatoms. The molecular formula is C10H18N4O3. The lowest BCUT2D eigenvalue weighted by molar-refractivity contribution is -0.0950. The van der Waals surface area contributed by atoms with E-state index >= 15 is 0 Å². The Bertz CT molecular complexity index is 349. The summed E-state index contributed by atoms with van der Waals surface area (Å²) in [6.45, 7) is 3.34. The quantitative estimate of drug-likeness (QED) is 0.747. The number of hydrogen-bond acceptors (Lipinski definition) is 6. The Morgan fingerprint density at radius 2 is 2.35 bits per heavy atom. The number of ether oxygens (including phenoxy) is 3. The molecule has 1 aromatic rings. The van der Waals surface area contributed by atoms with Crippen molar-refractivity contribution in [1.29, 1.82) is 0 Å². The van der Waals surface area contributed by atoms with Gasteiger partial charge in [0.15, 0.2) is 5.82 Å². The molecule has 1 unspecified atom stereocenters. The number of nitrogens with two attached hydrogens (primary N) is 1. The van der Waals surface area contributed by atoms with E-state index in [0.717, 1.165) is 11.6 Å². The topological polar surface area (TPSA) is 84.4 Å². The lowest BCUT2D eigenvalue weighted by atomic mass is 10.3. The molecule has 1 fully saturated rings. The van der Waals surface area contributed by atoms with Crippen molar-refractivity contribution in [3.8, 4) is 0 Å². The van der Waals surface area contributed by atoms with Gasteiger partial charge in [-0.2, -0.15) is 0 Å². The summed E-state index contributed by atoms with van der Waals surface area (Å²) in [7, 11) is 1.66. The molecule has 1 saturated heterocycles. The summed E-state index contributed by atoms with van der Waals surface area (Å²) >= 11 is 0. The van der Waals surface area contributed by atoms with E-state index in [2.05, 4.69) is 10.2 Å². The molecule has 0 saturated carbocycles. The number of rotatable bonds is 5. The molecule has 0 bridgehead atoms. The monoisotopic (exact) mass is 242 g/mol. The van der Waals surface area contributed by atoms with Crippen molar-refractivity contribution in [3.05, 3.63) is 11.6 Å². The van der Waals surface area contributed by atoms with Crippen molar-refractivity contribution >= 4 is 0 Å². The number of hydrogen-bond donors (Lipinski definition) is 1. The van der Waals surface area contributed by atoms with E-state index in [4.69, 9.17) is 19.9 Å². The lowest BCUT2D eigenvalue weighted by Gasteiger charge is -2.23. The second-order valence-corrected chi connectivity index (χ2v) is 3.76. The first kappa shape index (κ1) is 12.4. The molecule has 0 aliphatic carbocycles. The number of methoxy groups -OCH3 is 1. The van der Waals surface area contributed by atoms with E-state index < -0.39 is 0 Å². The van der Waals surface area contributed by atoms with Crippen LogP contribution >= 0.6 is 0 Å². The Balaban J connectivity index is 2.16. The summed E-state index contributed by atoms with van der Waals surface area (Å²) in [5, 5.41) is 8.20. The van der Waals surface area contributed by atoms with Gasteiger partial charge in [-0.15, -0.1) is 10.2 Å². The molecule has 2 N–H and O–H groups in total. The average molecular weight is 242 g/mol. The summed E-state index contributed by atoms with van der Waals surface area (Å²) in [6, 6.07) is 0. The van der Waals surface area contributed by atoms with Crippen LogP contribution in [0.1, 0.15) is 17.8 Å². The van der Waals surface area contributed by atoms with Crippen LogP contribution in [-0.4, -0.2) is 48.3 Å². The fraction of sp³-hybridized carbons (Fsp3) is 0.800. The lowest BCUT2D eigenvalue weighted by Crippen LogP contribution is -2.26. The third-order valence-electron chi connectivity index (χ3n) is 2.66. The third kappa shape index (κ3) is 2.81. The summed E-state index contributed by atoms with van der Waals surface area (Å²) in [5.41, 5.74) is 5.63. The van der Waals surface area contributed by atoms with Gasteiger partial charge in [-0.25, -0.2) is 0 Å². The van der Waals surface area contributed by atoms with Crippen molar-refractivity contribution in [1.82, 2.24) is 14.8 Å². The van der Waals surface area contributed by atoms with Gasteiger partial charge in [0, 0.05) is 13.7 Å². The van der Waals surface area contributed by atoms with Crippen molar-refractivity contribution in [3.63, 3.8) is 0 Å². The second kappa shape index (κ2) is 6.06. The summed E-state index contributed by atoms with van der Waals surface area (Å²) in [5.74, 6) is 1.51. The second-order valence-electron chi connectivity index (χ2n) is 3.76. The first-order chi connectivity index (χ1) is 8.36. The van der Waals surface area contributed by atoms with Gasteiger partial charge in [-0.3, -0.25) is 0 Å². The van der Waals surface area contributed by atoms with E-state index in [1.54, 1.807) is 7.11 Å². The molecule has 0 radical (unpaired) electrons. The van der Waals surface area contributed by atoms with Gasteiger partial charge in [-0.1, -0.05) is 0 Å². The Kier molecular flexibility index (Phi) is 4.43. The molecule has 96 valence electrons. The Morgan fingerprint density at radius 3 is 3.00 bits per heavy atom. The van der Waals surface area contributed by atoms with Crippen molar-refractivity contribution in [2.24, 2.45) is 5.73 Å². The summed E-state index contributed by atoms with van der Waals surface area (Å²) < 4.78 is 18.0. The Labute approximate surface area is 99.9 Å². The van der Waals surface area contributed by atoms with Gasteiger partial charge >= 0.3 is 0 Å². The average Bonchev–Trinajstić information content (AvgIpc) is 2.80. The molecule has 1 atom stereocenters. The van der Waals surface area contributed by atoms with Crippen molar-refractivity contribution < 1.29 is 14.2 Å². The van der Waals surface area contributed by atoms with Crippen LogP contribution in [0.4, 0.5) is 0 Å². The van der Waals surface area contributed by atoms with Gasteiger partial charge in [0.25, 0.3) is 0 Å². The molecule has 17 heavy (non-hydrogen) atoms. The van der Waals surface area contributed by atoms with E-state index in [1.807, 2.05) is 4.57 Å². The minimum atomic E-state index is -0.159. The minimum absolute atomic E-state index is 0.159. The Hall–Kier alpha value is -1.02. The zero-order chi connectivity index (χ0) is 12.1. The predicted octanol–water partition coefficient (Wildman–Crippen LogP) is -0.529. The van der Waals surface area contributed by atoms with Crippen molar-refractivity contribution in [2.45, 2.75) is 19.2 Å². The molecule has 0 amide bonds. The van der Waals surface area contributed by atoms with Gasteiger partial charge in [0.1, 0.15) is 11.9 Å². The minimum Gasteiger partial charge on any atom is -0.383 e. The van der Waals surface area contributed by atoms with Crippen LogP contribution in [-0.2, 0) is 27.3 Å². The van der Waals surface area contributed by atoms with Crippen LogP contribution in [0.3, 0.4) is 0 Å². The highest BCUT2D eigenvalue weighted by Gasteiger charge is 2.24. The van der Waals surface area contributed by atoms with Crippen LogP contribution in [0.25, 0.3) is 0 Å². The molecule has 1 aliphatic rings. The van der Waals surface area contributed by atoms with E-state index in [0.29, 0.717) is 39.5 Å². The summed E-state index contributed by atoms with van der Waals surface area (Å²) in [6.07, 6.45) is -0.159. The van der Waals surface area contributed by atoms with Crippen LogP contribution in [0.5, 0.6) is 0 Å². The number of nitrogens with zero attached hydrogens (tertiary/aromatic N) is 3. The molecule has 2 heterocycles. The maximum absolute atomic E-state index is 5.63. The molecular weight excluding hydrogens is 224 g/mol. The normalized spacial score (nSPS) is 20.7. The van der Waals surface area contributed by atoms with Gasteiger partial charge in [-0.05, 0) is 0 Å². The molecule has 2 rings (SSSR count). The molecule has 0 spiro atoms. The molecule has 1 aromatic heterocycles. The zero-order valence-electron chi connectivity index (χ0n) is 9.96. The SMILES string of the molecule is COCCn1c(CN)nnc1C1COCCO1. The first-order valence-corrected chi connectivity index (χ1v) is 5.67. The standard InChI is InChI=1S/C10H18N4O3/c1-15-3-2-14-9(6-11)12-13-10(14)8-7-16-4-5-17-8/h8H,2-7,11H2,1H3. The fourth-order valence-corrected chi connectivity index (χ4v) is 1.80. The predicted molar refractivity (Wildman–Crippen MR) is 59.3 cm³/mol. The van der Waals surface area contributed by atoms with Crippen LogP contribution in [0.2, 0.25) is 0 Å². The highest BCUT2D eigenvalue weighted by Crippen LogP contribution is 2.19. The molecule has 7 nitrogen and oxygen atoms in total. The Morgan fingerprint density at radius 1 is 1.47 bits per heavy atom. The molecule has 0 aromatic carbocycles. The maximum Gasteiger partial charge on any atom is 0.164 e. The third-order valence-corrected chi connectivity index (χ3v) is 2.66. The van der Waals surface area contributed by atoms with Gasteiger partial charge in [0.2, 0.25) is 0 Å². The van der Waals surface area contributed by atoms with E-state index in [-0.39, 0.29) is 6.10 Å². The largest absolute Gasteiger partial charge is 0.383 e. The maximum atomic E-state index is 5.63. The van der Waals surface area contributed by atoms with E-state index in [1.165, 1.54) is 0 Å². The highest BCUT2D eigenvalue weighted by molar-refractivity contribution is 5.00. The first-order valence-electron chi connectivity index (χ1n) is 5.67. The molecule has 1 aliphatic heterocycles. The van der Waals surface area contributed by atoms with Crippen LogP contribution in [0.15, 0.2) is 0 Å².